The van der Waals surface area contributed by atoms with Gasteiger partial charge in [0.2, 0.25) is 0 Å². The summed E-state index contributed by atoms with van der Waals surface area (Å²) in [7, 11) is 0. The topological polar surface area (TPSA) is 34.1 Å². The quantitative estimate of drug-likeness (QED) is 0.841. The van der Waals surface area contributed by atoms with E-state index in [1.54, 1.807) is 0 Å². The van der Waals surface area contributed by atoms with E-state index in [1.807, 2.05) is 6.20 Å². The average molecular weight is 220 g/mol. The normalized spacial score (nSPS) is 24.9. The fraction of sp³-hybridized carbons (Fsp3) is 0.615. The molecule has 2 heterocycles. The van der Waals surface area contributed by atoms with Gasteiger partial charge >= 0.3 is 0 Å². The van der Waals surface area contributed by atoms with Crippen molar-refractivity contribution in [3.63, 3.8) is 0 Å². The zero-order valence-corrected chi connectivity index (χ0v) is 10.1. The highest BCUT2D eigenvalue weighted by Gasteiger charge is 2.23. The molecule has 3 nitrogen and oxygen atoms in total. The molecule has 1 fully saturated rings. The van der Waals surface area contributed by atoms with Crippen molar-refractivity contribution in [1.29, 1.82) is 0 Å². The van der Waals surface area contributed by atoms with Gasteiger partial charge in [-0.15, -0.1) is 0 Å². The third-order valence-corrected chi connectivity index (χ3v) is 3.22. The van der Waals surface area contributed by atoms with Crippen LogP contribution in [0.25, 0.3) is 0 Å². The first-order valence-electron chi connectivity index (χ1n) is 5.99. The van der Waals surface area contributed by atoms with Crippen molar-refractivity contribution in [2.75, 3.05) is 13.2 Å². The molecule has 1 N–H and O–H groups in total. The molecule has 2 unspecified atom stereocenters. The molecule has 0 aromatic carbocycles. The van der Waals surface area contributed by atoms with Crippen LogP contribution in [0.1, 0.15) is 24.6 Å². The van der Waals surface area contributed by atoms with E-state index >= 15 is 0 Å². The molecular weight excluding hydrogens is 200 g/mol. The maximum absolute atomic E-state index is 5.53. The van der Waals surface area contributed by atoms with Crippen LogP contribution in [-0.4, -0.2) is 24.2 Å². The van der Waals surface area contributed by atoms with E-state index in [1.165, 1.54) is 12.0 Å². The van der Waals surface area contributed by atoms with Gasteiger partial charge in [-0.1, -0.05) is 6.07 Å². The lowest BCUT2D eigenvalue weighted by Crippen LogP contribution is -2.26. The molecule has 0 saturated carbocycles. The Morgan fingerprint density at radius 3 is 3.00 bits per heavy atom. The van der Waals surface area contributed by atoms with Gasteiger partial charge in [-0.3, -0.25) is 4.98 Å². The standard InChI is InChI=1S/C13H20N2O/c1-10-3-4-13(15-7-10)9-14-8-12-5-6-16-11(12)2/h3-4,7,11-12,14H,5-6,8-9H2,1-2H3. The Kier molecular flexibility index (Phi) is 3.91. The number of aryl methyl sites for hydroxylation is 1. The lowest BCUT2D eigenvalue weighted by atomic mass is 10.0. The molecule has 0 spiro atoms. The Morgan fingerprint density at radius 2 is 2.38 bits per heavy atom. The molecule has 1 aromatic rings. The number of aromatic nitrogens is 1. The molecular formula is C13H20N2O. The van der Waals surface area contributed by atoms with Crippen LogP contribution in [0.3, 0.4) is 0 Å². The van der Waals surface area contributed by atoms with Gasteiger partial charge in [0, 0.05) is 25.9 Å². The summed E-state index contributed by atoms with van der Waals surface area (Å²) >= 11 is 0. The fourth-order valence-corrected chi connectivity index (χ4v) is 2.03. The summed E-state index contributed by atoms with van der Waals surface area (Å²) in [5.41, 5.74) is 2.32. The van der Waals surface area contributed by atoms with Gasteiger partial charge in [-0.05, 0) is 37.8 Å². The number of ether oxygens (including phenoxy) is 1. The van der Waals surface area contributed by atoms with Crippen molar-refractivity contribution >= 4 is 0 Å². The Bertz CT molecular complexity index is 323. The predicted molar refractivity (Wildman–Crippen MR) is 64.2 cm³/mol. The van der Waals surface area contributed by atoms with Crippen LogP contribution in [0.15, 0.2) is 18.3 Å². The van der Waals surface area contributed by atoms with Gasteiger partial charge in [-0.2, -0.15) is 0 Å². The first kappa shape index (κ1) is 11.6. The third kappa shape index (κ3) is 3.03. The Balaban J connectivity index is 1.73. The summed E-state index contributed by atoms with van der Waals surface area (Å²) in [6.07, 6.45) is 3.49. The molecule has 1 aromatic heterocycles. The number of hydrogen-bond donors (Lipinski definition) is 1. The summed E-state index contributed by atoms with van der Waals surface area (Å²) in [5.74, 6) is 0.658. The molecule has 3 heteroatoms. The van der Waals surface area contributed by atoms with Crippen molar-refractivity contribution in [2.45, 2.75) is 32.9 Å². The smallest absolute Gasteiger partial charge is 0.0588 e. The molecule has 2 atom stereocenters. The first-order valence-corrected chi connectivity index (χ1v) is 5.99. The van der Waals surface area contributed by atoms with Crippen LogP contribution in [0.4, 0.5) is 0 Å². The SMILES string of the molecule is Cc1ccc(CNCC2CCOC2C)nc1. The minimum Gasteiger partial charge on any atom is -0.378 e. The number of pyridine rings is 1. The predicted octanol–water partition coefficient (Wildman–Crippen LogP) is 1.90. The molecule has 0 aliphatic carbocycles. The summed E-state index contributed by atoms with van der Waals surface area (Å²) in [4.78, 5) is 4.37. The van der Waals surface area contributed by atoms with Crippen molar-refractivity contribution in [2.24, 2.45) is 5.92 Å². The molecule has 88 valence electrons. The van der Waals surface area contributed by atoms with E-state index in [0.717, 1.165) is 25.4 Å². The van der Waals surface area contributed by atoms with Crippen LogP contribution in [-0.2, 0) is 11.3 Å². The van der Waals surface area contributed by atoms with Crippen LogP contribution in [0, 0.1) is 12.8 Å². The second-order valence-electron chi connectivity index (χ2n) is 4.58. The lowest BCUT2D eigenvalue weighted by Gasteiger charge is -2.14. The van der Waals surface area contributed by atoms with Gasteiger partial charge in [0.1, 0.15) is 0 Å². The highest BCUT2D eigenvalue weighted by molar-refractivity contribution is 5.11. The fourth-order valence-electron chi connectivity index (χ4n) is 2.03. The molecule has 0 amide bonds. The minimum absolute atomic E-state index is 0.401. The molecule has 0 radical (unpaired) electrons. The van der Waals surface area contributed by atoms with E-state index < -0.39 is 0 Å². The average Bonchev–Trinajstić information content (AvgIpc) is 2.68. The highest BCUT2D eigenvalue weighted by atomic mass is 16.5. The molecule has 16 heavy (non-hydrogen) atoms. The summed E-state index contributed by atoms with van der Waals surface area (Å²) in [6.45, 7) is 7.00. The van der Waals surface area contributed by atoms with E-state index in [4.69, 9.17) is 4.74 Å². The van der Waals surface area contributed by atoms with Crippen LogP contribution >= 0.6 is 0 Å². The van der Waals surface area contributed by atoms with E-state index in [9.17, 15) is 0 Å². The van der Waals surface area contributed by atoms with Crippen molar-refractivity contribution in [3.8, 4) is 0 Å². The lowest BCUT2D eigenvalue weighted by molar-refractivity contribution is 0.105. The van der Waals surface area contributed by atoms with Gasteiger partial charge in [0.15, 0.2) is 0 Å². The second-order valence-corrected chi connectivity index (χ2v) is 4.58. The zero-order chi connectivity index (χ0) is 11.4. The highest BCUT2D eigenvalue weighted by Crippen LogP contribution is 2.19. The minimum atomic E-state index is 0.401. The maximum Gasteiger partial charge on any atom is 0.0588 e. The second kappa shape index (κ2) is 5.41. The first-order chi connectivity index (χ1) is 7.75. The Morgan fingerprint density at radius 1 is 1.50 bits per heavy atom. The molecule has 1 aliphatic heterocycles. The molecule has 1 aliphatic rings. The zero-order valence-electron chi connectivity index (χ0n) is 10.1. The van der Waals surface area contributed by atoms with Gasteiger partial charge in [0.05, 0.1) is 11.8 Å². The van der Waals surface area contributed by atoms with E-state index in [2.05, 4.69) is 36.3 Å². The maximum atomic E-state index is 5.53. The van der Waals surface area contributed by atoms with Crippen molar-refractivity contribution in [1.82, 2.24) is 10.3 Å². The largest absolute Gasteiger partial charge is 0.378 e. The number of nitrogens with zero attached hydrogens (tertiary/aromatic N) is 1. The number of nitrogens with one attached hydrogen (secondary N) is 1. The van der Waals surface area contributed by atoms with E-state index in [-0.39, 0.29) is 0 Å². The summed E-state index contributed by atoms with van der Waals surface area (Å²) in [5, 5.41) is 3.45. The van der Waals surface area contributed by atoms with Crippen LogP contribution < -0.4 is 5.32 Å². The van der Waals surface area contributed by atoms with Crippen LogP contribution in [0.5, 0.6) is 0 Å². The van der Waals surface area contributed by atoms with E-state index in [0.29, 0.717) is 12.0 Å². The summed E-state index contributed by atoms with van der Waals surface area (Å²) in [6, 6.07) is 4.18. The van der Waals surface area contributed by atoms with Crippen molar-refractivity contribution < 1.29 is 4.74 Å². The molecule has 1 saturated heterocycles. The number of rotatable bonds is 4. The Hall–Kier alpha value is -0.930. The third-order valence-electron chi connectivity index (χ3n) is 3.22. The Labute approximate surface area is 97.2 Å². The number of hydrogen-bond acceptors (Lipinski definition) is 3. The summed E-state index contributed by atoms with van der Waals surface area (Å²) < 4.78 is 5.53. The van der Waals surface area contributed by atoms with Gasteiger partial charge in [-0.25, -0.2) is 0 Å². The van der Waals surface area contributed by atoms with Crippen LogP contribution in [0.2, 0.25) is 0 Å². The molecule has 0 bridgehead atoms. The monoisotopic (exact) mass is 220 g/mol. The van der Waals surface area contributed by atoms with Crippen molar-refractivity contribution in [3.05, 3.63) is 29.6 Å². The molecule has 2 rings (SSSR count). The van der Waals surface area contributed by atoms with Gasteiger partial charge < -0.3 is 10.1 Å². The van der Waals surface area contributed by atoms with Gasteiger partial charge in [0.25, 0.3) is 0 Å².